The number of anilines is 1. The lowest BCUT2D eigenvalue weighted by Gasteiger charge is -2.08. The normalized spacial score (nSPS) is 10.2. The van der Waals surface area contributed by atoms with Gasteiger partial charge in [0.2, 0.25) is 0 Å². The molecule has 0 saturated heterocycles. The van der Waals surface area contributed by atoms with Gasteiger partial charge in [0, 0.05) is 23.5 Å². The predicted octanol–water partition coefficient (Wildman–Crippen LogP) is 4.14. The summed E-state index contributed by atoms with van der Waals surface area (Å²) in [4.78, 5) is 4.29. The number of hydrogen-bond donors (Lipinski definition) is 1. The molecule has 2 rings (SSSR count). The molecule has 0 saturated carbocycles. The van der Waals surface area contributed by atoms with Crippen LogP contribution >= 0.6 is 11.6 Å². The third-order valence-electron chi connectivity index (χ3n) is 2.58. The molecular weight excluding hydrogens is 260 g/mol. The minimum Gasteiger partial charge on any atom is -0.487 e. The SMILES string of the molecule is CCCNc1ccnc(COc2cccc(Cl)c2)c1. The van der Waals surface area contributed by atoms with Crippen molar-refractivity contribution < 1.29 is 4.74 Å². The van der Waals surface area contributed by atoms with Gasteiger partial charge in [-0.2, -0.15) is 0 Å². The van der Waals surface area contributed by atoms with Crippen molar-refractivity contribution in [2.45, 2.75) is 20.0 Å². The van der Waals surface area contributed by atoms with Crippen molar-refractivity contribution in [3.8, 4) is 5.75 Å². The standard InChI is InChI=1S/C15H17ClN2O/c1-2-7-17-13-6-8-18-14(10-13)11-19-15-5-3-4-12(16)9-15/h3-6,8-10H,2,7,11H2,1H3,(H,17,18). The maximum absolute atomic E-state index is 5.90. The minimum absolute atomic E-state index is 0.433. The number of halogens is 1. The van der Waals surface area contributed by atoms with Gasteiger partial charge in [-0.15, -0.1) is 0 Å². The second-order valence-corrected chi connectivity index (χ2v) is 4.65. The number of benzene rings is 1. The van der Waals surface area contributed by atoms with E-state index in [0.717, 1.165) is 30.1 Å². The van der Waals surface area contributed by atoms with Crippen molar-refractivity contribution in [3.05, 3.63) is 53.3 Å². The Hall–Kier alpha value is -1.74. The van der Waals surface area contributed by atoms with Gasteiger partial charge < -0.3 is 10.1 Å². The fourth-order valence-corrected chi connectivity index (χ4v) is 1.83. The Morgan fingerprint density at radius 2 is 2.16 bits per heavy atom. The van der Waals surface area contributed by atoms with Gasteiger partial charge in [-0.1, -0.05) is 24.6 Å². The molecule has 0 aliphatic rings. The lowest BCUT2D eigenvalue weighted by molar-refractivity contribution is 0.301. The topological polar surface area (TPSA) is 34.2 Å². The highest BCUT2D eigenvalue weighted by Gasteiger charge is 2.00. The van der Waals surface area contributed by atoms with E-state index in [9.17, 15) is 0 Å². The summed E-state index contributed by atoms with van der Waals surface area (Å²) in [5.74, 6) is 0.751. The fourth-order valence-electron chi connectivity index (χ4n) is 1.65. The third kappa shape index (κ3) is 4.45. The third-order valence-corrected chi connectivity index (χ3v) is 2.81. The second kappa shape index (κ2) is 7.00. The highest BCUT2D eigenvalue weighted by molar-refractivity contribution is 6.30. The first-order chi connectivity index (χ1) is 9.28. The zero-order valence-electron chi connectivity index (χ0n) is 10.9. The summed E-state index contributed by atoms with van der Waals surface area (Å²) in [5.41, 5.74) is 1.96. The average Bonchev–Trinajstić information content (AvgIpc) is 2.43. The van der Waals surface area contributed by atoms with E-state index in [2.05, 4.69) is 17.2 Å². The Labute approximate surface area is 118 Å². The van der Waals surface area contributed by atoms with E-state index in [1.54, 1.807) is 12.3 Å². The number of aromatic nitrogens is 1. The summed E-state index contributed by atoms with van der Waals surface area (Å²) in [7, 11) is 0. The smallest absolute Gasteiger partial charge is 0.130 e. The first-order valence-corrected chi connectivity index (χ1v) is 6.73. The Morgan fingerprint density at radius 1 is 1.26 bits per heavy atom. The summed E-state index contributed by atoms with van der Waals surface area (Å²) in [6, 6.07) is 11.3. The molecule has 1 aromatic carbocycles. The zero-order chi connectivity index (χ0) is 13.5. The summed E-state index contributed by atoms with van der Waals surface area (Å²) in [6.07, 6.45) is 2.88. The maximum atomic E-state index is 5.90. The Bertz CT molecular complexity index is 531. The molecule has 2 aromatic rings. The van der Waals surface area contributed by atoms with E-state index >= 15 is 0 Å². The van der Waals surface area contributed by atoms with Crippen LogP contribution in [0.5, 0.6) is 5.75 Å². The molecule has 0 radical (unpaired) electrons. The van der Waals surface area contributed by atoms with Crippen molar-refractivity contribution in [2.24, 2.45) is 0 Å². The number of nitrogens with zero attached hydrogens (tertiary/aromatic N) is 1. The fraction of sp³-hybridized carbons (Fsp3) is 0.267. The number of hydrogen-bond acceptors (Lipinski definition) is 3. The quantitative estimate of drug-likeness (QED) is 0.861. The summed E-state index contributed by atoms with van der Waals surface area (Å²) in [5, 5.41) is 4.00. The van der Waals surface area contributed by atoms with Gasteiger partial charge in [-0.3, -0.25) is 4.98 Å². The van der Waals surface area contributed by atoms with Crippen molar-refractivity contribution in [1.82, 2.24) is 4.98 Å². The van der Waals surface area contributed by atoms with Crippen LogP contribution < -0.4 is 10.1 Å². The molecule has 1 heterocycles. The first kappa shape index (κ1) is 13.7. The number of rotatable bonds is 6. The molecule has 0 aliphatic heterocycles. The van der Waals surface area contributed by atoms with Crippen LogP contribution in [0.25, 0.3) is 0 Å². The Kier molecular flexibility index (Phi) is 5.04. The van der Waals surface area contributed by atoms with Gasteiger partial charge in [0.05, 0.1) is 5.69 Å². The Morgan fingerprint density at radius 3 is 2.95 bits per heavy atom. The molecule has 0 atom stereocenters. The van der Waals surface area contributed by atoms with Gasteiger partial charge in [-0.05, 0) is 36.8 Å². The van der Waals surface area contributed by atoms with Crippen molar-refractivity contribution >= 4 is 17.3 Å². The van der Waals surface area contributed by atoms with E-state index in [1.807, 2.05) is 30.3 Å². The zero-order valence-corrected chi connectivity index (χ0v) is 11.7. The Balaban J connectivity index is 1.95. The second-order valence-electron chi connectivity index (χ2n) is 4.21. The number of pyridine rings is 1. The molecular formula is C15H17ClN2O. The van der Waals surface area contributed by atoms with Gasteiger partial charge in [0.1, 0.15) is 12.4 Å². The van der Waals surface area contributed by atoms with Gasteiger partial charge >= 0.3 is 0 Å². The molecule has 1 aromatic heterocycles. The van der Waals surface area contributed by atoms with Crippen LogP contribution in [-0.4, -0.2) is 11.5 Å². The van der Waals surface area contributed by atoms with Crippen LogP contribution in [0.4, 0.5) is 5.69 Å². The minimum atomic E-state index is 0.433. The van der Waals surface area contributed by atoms with E-state index in [4.69, 9.17) is 16.3 Å². The average molecular weight is 277 g/mol. The van der Waals surface area contributed by atoms with E-state index in [1.165, 1.54) is 0 Å². The molecule has 1 N–H and O–H groups in total. The highest BCUT2D eigenvalue weighted by atomic mass is 35.5. The van der Waals surface area contributed by atoms with Gasteiger partial charge in [-0.25, -0.2) is 0 Å². The van der Waals surface area contributed by atoms with Crippen LogP contribution in [0.2, 0.25) is 5.02 Å². The van der Waals surface area contributed by atoms with Crippen LogP contribution in [0, 0.1) is 0 Å². The van der Waals surface area contributed by atoms with E-state index in [-0.39, 0.29) is 0 Å². The molecule has 4 heteroatoms. The molecule has 0 fully saturated rings. The summed E-state index contributed by atoms with van der Waals surface area (Å²) < 4.78 is 5.66. The lowest BCUT2D eigenvalue weighted by Crippen LogP contribution is -2.03. The predicted molar refractivity (Wildman–Crippen MR) is 78.8 cm³/mol. The van der Waals surface area contributed by atoms with Crippen LogP contribution in [0.15, 0.2) is 42.6 Å². The van der Waals surface area contributed by atoms with Crippen molar-refractivity contribution in [1.29, 1.82) is 0 Å². The molecule has 3 nitrogen and oxygen atoms in total. The molecule has 0 aliphatic carbocycles. The molecule has 100 valence electrons. The molecule has 0 unspecified atom stereocenters. The maximum Gasteiger partial charge on any atom is 0.130 e. The molecule has 0 bridgehead atoms. The summed E-state index contributed by atoms with van der Waals surface area (Å²) in [6.45, 7) is 3.53. The highest BCUT2D eigenvalue weighted by Crippen LogP contribution is 2.18. The number of nitrogens with one attached hydrogen (secondary N) is 1. The first-order valence-electron chi connectivity index (χ1n) is 6.35. The largest absolute Gasteiger partial charge is 0.487 e. The van der Waals surface area contributed by atoms with E-state index < -0.39 is 0 Å². The monoisotopic (exact) mass is 276 g/mol. The van der Waals surface area contributed by atoms with Crippen LogP contribution in [0.1, 0.15) is 19.0 Å². The molecule has 0 amide bonds. The van der Waals surface area contributed by atoms with Gasteiger partial charge in [0.15, 0.2) is 0 Å². The molecule has 0 spiro atoms. The van der Waals surface area contributed by atoms with Crippen molar-refractivity contribution in [2.75, 3.05) is 11.9 Å². The van der Waals surface area contributed by atoms with Crippen LogP contribution in [0.3, 0.4) is 0 Å². The molecule has 19 heavy (non-hydrogen) atoms. The van der Waals surface area contributed by atoms with Crippen LogP contribution in [-0.2, 0) is 6.61 Å². The van der Waals surface area contributed by atoms with E-state index in [0.29, 0.717) is 11.6 Å². The van der Waals surface area contributed by atoms with Crippen molar-refractivity contribution in [3.63, 3.8) is 0 Å². The van der Waals surface area contributed by atoms with Gasteiger partial charge in [0.25, 0.3) is 0 Å². The lowest BCUT2D eigenvalue weighted by atomic mass is 10.3. The summed E-state index contributed by atoms with van der Waals surface area (Å²) >= 11 is 5.90. The number of ether oxygens (including phenoxy) is 1.